The minimum atomic E-state index is -0.0326. The minimum absolute atomic E-state index is 0.0326. The minimum Gasteiger partial charge on any atom is -0.354 e. The molecular weight excluding hydrogens is 1040 g/mol. The largest absolute Gasteiger partial charge is 0.354 e. The number of carbonyl (C=O) groups is 1. The Morgan fingerprint density at radius 1 is 0.349 bits per heavy atom. The van der Waals surface area contributed by atoms with Crippen LogP contribution in [0.15, 0.2) is 121 Å². The summed E-state index contributed by atoms with van der Waals surface area (Å²) in [5.41, 5.74) is 18.5. The molecule has 86 heavy (non-hydrogen) atoms. The summed E-state index contributed by atoms with van der Waals surface area (Å²) >= 11 is 0. The van der Waals surface area contributed by atoms with Crippen LogP contribution in [0, 0.1) is 35.5 Å². The van der Waals surface area contributed by atoms with Crippen LogP contribution in [-0.2, 0) is 0 Å². The molecule has 5 nitrogen and oxygen atoms in total. The normalized spacial score (nSPS) is 12.0. The van der Waals surface area contributed by atoms with Gasteiger partial charge in [0.25, 0.3) is 0 Å². The highest BCUT2D eigenvalue weighted by Gasteiger charge is 2.32. The fraction of sp³-hybridized carbons (Fsp3) is 0.370. The zero-order valence-corrected chi connectivity index (χ0v) is 51.7. The molecule has 3 aromatic heterocycles. The van der Waals surface area contributed by atoms with Gasteiger partial charge in [-0.1, -0.05) is 252 Å². The highest BCUT2D eigenvalue weighted by atomic mass is 16.1. The molecule has 0 saturated carbocycles. The lowest BCUT2D eigenvalue weighted by Crippen LogP contribution is -2.10. The van der Waals surface area contributed by atoms with E-state index in [2.05, 4.69) is 175 Å². The van der Waals surface area contributed by atoms with Gasteiger partial charge in [-0.25, -0.2) is 9.97 Å². The summed E-state index contributed by atoms with van der Waals surface area (Å²) in [4.78, 5) is 33.7. The molecule has 5 heterocycles. The smallest absolute Gasteiger partial charge is 0.195 e. The van der Waals surface area contributed by atoms with E-state index in [4.69, 9.17) is 9.97 Å². The van der Waals surface area contributed by atoms with Crippen molar-refractivity contribution in [2.75, 3.05) is 0 Å². The van der Waals surface area contributed by atoms with E-state index in [-0.39, 0.29) is 5.78 Å². The van der Waals surface area contributed by atoms with Crippen LogP contribution in [0.25, 0.3) is 90.4 Å². The van der Waals surface area contributed by atoms with Gasteiger partial charge in [-0.05, 0) is 120 Å². The Bertz CT molecular complexity index is 3860. The molecule has 8 bridgehead atoms. The number of carbonyl (C=O) groups excluding carboxylic acids is 1. The van der Waals surface area contributed by atoms with Crippen molar-refractivity contribution in [2.24, 2.45) is 0 Å². The van der Waals surface area contributed by atoms with Crippen LogP contribution in [-0.4, -0.2) is 25.7 Å². The second kappa shape index (κ2) is 31.8. The molecule has 2 aliphatic heterocycles. The molecule has 2 N–H and O–H groups in total. The second-order valence-corrected chi connectivity index (χ2v) is 23.9. The van der Waals surface area contributed by atoms with E-state index in [1.807, 2.05) is 30.3 Å². The van der Waals surface area contributed by atoms with Crippen LogP contribution < -0.4 is 0 Å². The van der Waals surface area contributed by atoms with E-state index < -0.39 is 0 Å². The van der Waals surface area contributed by atoms with Gasteiger partial charge >= 0.3 is 0 Å². The Morgan fingerprint density at radius 3 is 1.07 bits per heavy atom. The van der Waals surface area contributed by atoms with Crippen molar-refractivity contribution in [2.45, 2.75) is 194 Å². The monoisotopic (exact) mass is 1130 g/mol. The molecule has 438 valence electrons. The van der Waals surface area contributed by atoms with Crippen LogP contribution in [0.5, 0.6) is 0 Å². The number of nitrogens with zero attached hydrogens (tertiary/aromatic N) is 2. The number of rotatable bonds is 27. The molecule has 0 radical (unpaired) electrons. The lowest BCUT2D eigenvalue weighted by atomic mass is 9.85. The van der Waals surface area contributed by atoms with Gasteiger partial charge < -0.3 is 9.97 Å². The van der Waals surface area contributed by atoms with Crippen molar-refractivity contribution in [3.05, 3.63) is 166 Å². The van der Waals surface area contributed by atoms with Crippen LogP contribution in [0.3, 0.4) is 0 Å². The number of benzene rings is 4. The number of H-pyrrole nitrogens is 2. The van der Waals surface area contributed by atoms with Gasteiger partial charge in [0.2, 0.25) is 0 Å². The number of hydrogen-bond donors (Lipinski definition) is 2. The summed E-state index contributed by atoms with van der Waals surface area (Å²) in [5, 5.41) is 0. The number of nitrogens with one attached hydrogen (secondary N) is 2. The number of allylic oxidation sites excluding steroid dienone is 1. The maximum absolute atomic E-state index is 14.8. The van der Waals surface area contributed by atoms with Crippen LogP contribution in [0.1, 0.15) is 244 Å². The molecule has 4 aromatic carbocycles. The molecule has 10 rings (SSSR count). The standard InChI is InChI=1S/C81H88N4O/c1-4-7-10-13-16-19-22-25-28-31-36-60-41-47-63(48-42-60)76-69-53-54-70(82-69)77(64-49-43-61(44-50-64)37-32-29-26-23-20-17-14-11-8-5-2)72-57-58-74(84-72)79-66-39-34-35-40-67(66)81(86)68-59-75(85-80(68)79)78(73-56-55-71(76)83-73)65-51-45-62(46-52-65)38-33-30-27-24-21-18-15-12-9-6-3/h34-35,39-59,83-84H,4-30H2,1-3H3. The topological polar surface area (TPSA) is 74.4 Å². The summed E-state index contributed by atoms with van der Waals surface area (Å²) in [7, 11) is 0. The van der Waals surface area contributed by atoms with Gasteiger partial charge in [0.1, 0.15) is 0 Å². The van der Waals surface area contributed by atoms with E-state index in [1.165, 1.54) is 135 Å². The first kappa shape index (κ1) is 60.9. The number of hydrogen-bond acceptors (Lipinski definition) is 3. The fourth-order valence-electron chi connectivity index (χ4n) is 12.4. The molecule has 7 aromatic rings. The van der Waals surface area contributed by atoms with Crippen molar-refractivity contribution in [1.29, 1.82) is 0 Å². The maximum Gasteiger partial charge on any atom is 0.195 e. The number of aromatic amines is 2. The predicted octanol–water partition coefficient (Wildman–Crippen LogP) is 22.5. The summed E-state index contributed by atoms with van der Waals surface area (Å²) in [6, 6.07) is 42.4. The van der Waals surface area contributed by atoms with Gasteiger partial charge in [-0.15, -0.1) is 0 Å². The zero-order chi connectivity index (χ0) is 59.1. The molecule has 0 atom stereocenters. The highest BCUT2D eigenvalue weighted by molar-refractivity contribution is 6.38. The van der Waals surface area contributed by atoms with Crippen molar-refractivity contribution >= 4 is 51.7 Å². The molecule has 0 fully saturated rings. The molecule has 3 aliphatic rings. The fourth-order valence-corrected chi connectivity index (χ4v) is 12.4. The van der Waals surface area contributed by atoms with Crippen molar-refractivity contribution < 1.29 is 4.79 Å². The van der Waals surface area contributed by atoms with Gasteiger partial charge in [0.05, 0.1) is 28.3 Å². The van der Waals surface area contributed by atoms with Gasteiger partial charge in [0.15, 0.2) is 5.78 Å². The second-order valence-electron chi connectivity index (χ2n) is 23.9. The molecule has 1 aliphatic carbocycles. The lowest BCUT2D eigenvalue weighted by molar-refractivity contribution is 0.105. The Hall–Kier alpha value is -8.17. The quantitative estimate of drug-likeness (QED) is 0.0398. The average Bonchev–Trinajstić information content (AvgIpc) is 1.79. The van der Waals surface area contributed by atoms with Crippen molar-refractivity contribution in [3.8, 4) is 80.0 Å². The number of unbranched alkanes of at least 4 members (excludes halogenated alkanes) is 24. The predicted molar refractivity (Wildman–Crippen MR) is 366 cm³/mol. The van der Waals surface area contributed by atoms with Gasteiger partial charge in [-0.3, -0.25) is 4.79 Å². The number of ketones is 1. The molecule has 0 spiro atoms. The first-order valence-corrected chi connectivity index (χ1v) is 33.1. The van der Waals surface area contributed by atoms with E-state index in [0.717, 1.165) is 133 Å². The molecule has 0 unspecified atom stereocenters. The zero-order valence-electron chi connectivity index (χ0n) is 51.7. The first-order valence-electron chi connectivity index (χ1n) is 33.1. The SMILES string of the molecule is CCCCCCCCCCC#Cc1ccc(-c2c3nc(c(-c4ccc(C#CCCCCCCCCCC)cc4)c4ccc([nH]4)c4c5nc(c(-c6ccc(C#CCCCCCCCCCC)cc6)c6ccc2[nH]6)C=C5C(=O)c2ccccc2-4)C=C3)cc1. The molecular formula is C81H88N4O. The molecule has 5 heteroatoms. The Labute approximate surface area is 514 Å². The summed E-state index contributed by atoms with van der Waals surface area (Å²) in [6.45, 7) is 6.82. The van der Waals surface area contributed by atoms with Crippen LogP contribution in [0.4, 0.5) is 0 Å². The Morgan fingerprint density at radius 2 is 0.686 bits per heavy atom. The number of Topliss-reactive ketones (excluding diaryl/α,β-unsaturated/α-hetero) is 1. The third-order valence-corrected chi connectivity index (χ3v) is 17.2. The maximum atomic E-state index is 14.8. The molecule has 0 saturated heterocycles. The highest BCUT2D eigenvalue weighted by Crippen LogP contribution is 2.45. The van der Waals surface area contributed by atoms with Gasteiger partial charge in [0, 0.05) is 85.8 Å². The Balaban J connectivity index is 1.06. The van der Waals surface area contributed by atoms with Crippen LogP contribution >= 0.6 is 0 Å². The lowest BCUT2D eigenvalue weighted by Gasteiger charge is -2.17. The van der Waals surface area contributed by atoms with E-state index in [1.54, 1.807) is 0 Å². The number of aromatic nitrogens is 4. The van der Waals surface area contributed by atoms with E-state index in [0.29, 0.717) is 22.5 Å². The van der Waals surface area contributed by atoms with Gasteiger partial charge in [-0.2, -0.15) is 0 Å². The average molecular weight is 1130 g/mol. The first-order chi connectivity index (χ1) is 42.5. The van der Waals surface area contributed by atoms with Crippen molar-refractivity contribution in [3.63, 3.8) is 0 Å². The summed E-state index contributed by atoms with van der Waals surface area (Å²) in [6.07, 6.45) is 40.0. The van der Waals surface area contributed by atoms with E-state index in [9.17, 15) is 4.79 Å². The van der Waals surface area contributed by atoms with E-state index >= 15 is 0 Å². The summed E-state index contributed by atoms with van der Waals surface area (Å²) < 4.78 is 0. The summed E-state index contributed by atoms with van der Waals surface area (Å²) in [5.74, 6) is 20.8. The third kappa shape index (κ3) is 15.8. The number of fused-ring (bicyclic) bond motifs is 10. The van der Waals surface area contributed by atoms with Crippen LogP contribution in [0.2, 0.25) is 0 Å². The third-order valence-electron chi connectivity index (χ3n) is 17.2. The van der Waals surface area contributed by atoms with Crippen molar-refractivity contribution in [1.82, 2.24) is 19.9 Å². The molecule has 0 amide bonds. The Kier molecular flexibility index (Phi) is 22.5.